The Morgan fingerprint density at radius 1 is 1.18 bits per heavy atom. The van der Waals surface area contributed by atoms with Crippen LogP contribution >= 0.6 is 0 Å². The lowest BCUT2D eigenvalue weighted by molar-refractivity contribution is 0.312. The van der Waals surface area contributed by atoms with Crippen molar-refractivity contribution in [2.45, 2.75) is 51.7 Å². The van der Waals surface area contributed by atoms with Crippen LogP contribution in [-0.2, 0) is 20.9 Å². The summed E-state index contributed by atoms with van der Waals surface area (Å²) in [5, 5.41) is 4.93. The molecule has 0 heterocycles. The largest absolute Gasteiger partial charge is 0.543 e. The maximum absolute atomic E-state index is 10.7. The van der Waals surface area contributed by atoms with Crippen molar-refractivity contribution in [2.24, 2.45) is 5.14 Å². The number of nitrogens with two attached hydrogens (primary N) is 1. The summed E-state index contributed by atoms with van der Waals surface area (Å²) in [6.07, 6.45) is 1.24. The molecule has 0 aliphatic heterocycles. The predicted octanol–water partition coefficient (Wildman–Crippen LogP) is 3.22. The van der Waals surface area contributed by atoms with Gasteiger partial charge < -0.3 is 4.43 Å². The third-order valence-corrected chi connectivity index (χ3v) is 8.82. The molecule has 0 saturated heterocycles. The molecule has 0 aromatic heterocycles. The average molecular weight is 346 g/mol. The van der Waals surface area contributed by atoms with Crippen LogP contribution in [0.1, 0.15) is 32.8 Å². The van der Waals surface area contributed by atoms with Gasteiger partial charge in [-0.2, -0.15) is 8.42 Å². The Hall–Kier alpha value is -0.893. The van der Waals surface area contributed by atoms with E-state index >= 15 is 0 Å². The molecule has 0 radical (unpaired) electrons. The first-order valence-corrected chi connectivity index (χ1v) is 11.7. The standard InChI is InChI=1S/C15H27NO4SSi/c1-15(2,3)22(4,5)20-14-11-7-6-9-13(14)10-8-12-19-21(16,17)18/h6-7,9,11H,8,10,12H2,1-5H3,(H2,16,17,18). The normalized spacial score (nSPS) is 13.2. The molecule has 126 valence electrons. The molecule has 1 rings (SSSR count). The molecule has 0 fully saturated rings. The molecule has 5 nitrogen and oxygen atoms in total. The van der Waals surface area contributed by atoms with Crippen LogP contribution in [0.15, 0.2) is 24.3 Å². The number of aryl methyl sites for hydroxylation is 1. The number of benzene rings is 1. The van der Waals surface area contributed by atoms with Gasteiger partial charge in [-0.1, -0.05) is 39.0 Å². The zero-order chi connectivity index (χ0) is 17.0. The maximum Gasteiger partial charge on any atom is 0.333 e. The third kappa shape index (κ3) is 6.08. The first kappa shape index (κ1) is 19.2. The molecule has 0 bridgehead atoms. The summed E-state index contributed by atoms with van der Waals surface area (Å²) < 4.78 is 32.4. The van der Waals surface area contributed by atoms with E-state index in [1.165, 1.54) is 0 Å². The van der Waals surface area contributed by atoms with Crippen LogP contribution in [0.25, 0.3) is 0 Å². The summed E-state index contributed by atoms with van der Waals surface area (Å²) in [5.74, 6) is 0.879. The van der Waals surface area contributed by atoms with Crippen molar-refractivity contribution in [1.29, 1.82) is 0 Å². The van der Waals surface area contributed by atoms with Gasteiger partial charge in [0.2, 0.25) is 8.32 Å². The fourth-order valence-corrected chi connectivity index (χ4v) is 3.08. The zero-order valence-corrected chi connectivity index (χ0v) is 15.9. The summed E-state index contributed by atoms with van der Waals surface area (Å²) in [6.45, 7) is 11.1. The van der Waals surface area contributed by atoms with Gasteiger partial charge in [0.25, 0.3) is 0 Å². The summed E-state index contributed by atoms with van der Waals surface area (Å²) in [5.41, 5.74) is 1.06. The summed E-state index contributed by atoms with van der Waals surface area (Å²) in [7, 11) is -5.76. The van der Waals surface area contributed by atoms with Crippen LogP contribution in [0, 0.1) is 0 Å². The molecule has 0 aliphatic rings. The van der Waals surface area contributed by atoms with E-state index in [1.54, 1.807) is 0 Å². The van der Waals surface area contributed by atoms with Crippen LogP contribution in [0.3, 0.4) is 0 Å². The van der Waals surface area contributed by atoms with E-state index in [9.17, 15) is 8.42 Å². The van der Waals surface area contributed by atoms with Gasteiger partial charge in [0.15, 0.2) is 0 Å². The quantitative estimate of drug-likeness (QED) is 0.608. The van der Waals surface area contributed by atoms with E-state index in [-0.39, 0.29) is 11.6 Å². The molecule has 2 N–H and O–H groups in total. The van der Waals surface area contributed by atoms with Gasteiger partial charge in [-0.3, -0.25) is 4.18 Å². The SMILES string of the molecule is CC(C)(C)[Si](C)(C)Oc1ccccc1CCCOS(N)(=O)=O. The van der Waals surface area contributed by atoms with Gasteiger partial charge in [0.1, 0.15) is 5.75 Å². The van der Waals surface area contributed by atoms with Crippen molar-refractivity contribution < 1.29 is 17.0 Å². The Kier molecular flexibility index (Phi) is 6.20. The Morgan fingerprint density at radius 3 is 2.32 bits per heavy atom. The fraction of sp³-hybridized carbons (Fsp3) is 0.600. The van der Waals surface area contributed by atoms with Crippen LogP contribution in [-0.4, -0.2) is 23.3 Å². The molecule has 0 saturated carbocycles. The Bertz CT molecular complexity index is 594. The van der Waals surface area contributed by atoms with Crippen LogP contribution in [0.5, 0.6) is 5.75 Å². The second kappa shape index (κ2) is 7.12. The highest BCUT2D eigenvalue weighted by molar-refractivity contribution is 7.84. The molecule has 1 aromatic rings. The van der Waals surface area contributed by atoms with Crippen LogP contribution in [0.4, 0.5) is 0 Å². The van der Waals surface area contributed by atoms with E-state index < -0.39 is 18.6 Å². The van der Waals surface area contributed by atoms with Crippen molar-refractivity contribution in [3.8, 4) is 5.75 Å². The fourth-order valence-electron chi connectivity index (χ4n) is 1.68. The molecule has 22 heavy (non-hydrogen) atoms. The average Bonchev–Trinajstić information content (AvgIpc) is 2.33. The van der Waals surface area contributed by atoms with Crippen molar-refractivity contribution >= 4 is 18.6 Å². The number of para-hydroxylation sites is 1. The van der Waals surface area contributed by atoms with Crippen LogP contribution < -0.4 is 9.56 Å². The van der Waals surface area contributed by atoms with E-state index in [0.29, 0.717) is 12.8 Å². The molecular formula is C15H27NO4SSi. The monoisotopic (exact) mass is 345 g/mol. The van der Waals surface area contributed by atoms with Crippen molar-refractivity contribution in [3.63, 3.8) is 0 Å². The second-order valence-corrected chi connectivity index (χ2v) is 12.8. The second-order valence-electron chi connectivity index (χ2n) is 6.89. The first-order valence-electron chi connectivity index (χ1n) is 7.36. The van der Waals surface area contributed by atoms with E-state index in [4.69, 9.17) is 9.56 Å². The van der Waals surface area contributed by atoms with Crippen molar-refractivity contribution in [1.82, 2.24) is 0 Å². The zero-order valence-electron chi connectivity index (χ0n) is 14.0. The van der Waals surface area contributed by atoms with Gasteiger partial charge >= 0.3 is 10.3 Å². The van der Waals surface area contributed by atoms with E-state index in [0.717, 1.165) is 11.3 Å². The highest BCUT2D eigenvalue weighted by Gasteiger charge is 2.39. The van der Waals surface area contributed by atoms with Crippen LogP contribution in [0.2, 0.25) is 18.1 Å². The Labute approximate surface area is 135 Å². The van der Waals surface area contributed by atoms with E-state index in [2.05, 4.69) is 38.0 Å². The minimum absolute atomic E-state index is 0.0766. The molecule has 7 heteroatoms. The lowest BCUT2D eigenvalue weighted by Gasteiger charge is -2.37. The third-order valence-electron chi connectivity index (χ3n) is 3.98. The molecule has 0 unspecified atom stereocenters. The van der Waals surface area contributed by atoms with Crippen molar-refractivity contribution in [2.75, 3.05) is 6.61 Å². The topological polar surface area (TPSA) is 78.6 Å². The smallest absolute Gasteiger partial charge is 0.333 e. The summed E-state index contributed by atoms with van der Waals surface area (Å²) >= 11 is 0. The first-order chi connectivity index (χ1) is 9.92. The number of hydrogen-bond donors (Lipinski definition) is 1. The van der Waals surface area contributed by atoms with E-state index in [1.807, 2.05) is 24.3 Å². The summed E-state index contributed by atoms with van der Waals surface area (Å²) in [4.78, 5) is 0. The molecular weight excluding hydrogens is 318 g/mol. The van der Waals surface area contributed by atoms with Gasteiger partial charge in [-0.15, -0.1) is 0 Å². The highest BCUT2D eigenvalue weighted by Crippen LogP contribution is 2.38. The Balaban J connectivity index is 2.74. The van der Waals surface area contributed by atoms with Gasteiger partial charge in [-0.05, 0) is 42.6 Å². The molecule has 1 aromatic carbocycles. The van der Waals surface area contributed by atoms with Crippen molar-refractivity contribution in [3.05, 3.63) is 29.8 Å². The van der Waals surface area contributed by atoms with Gasteiger partial charge in [0, 0.05) is 0 Å². The minimum atomic E-state index is -3.86. The van der Waals surface area contributed by atoms with Gasteiger partial charge in [-0.25, -0.2) is 5.14 Å². The molecule has 0 atom stereocenters. The highest BCUT2D eigenvalue weighted by atomic mass is 32.2. The molecule has 0 spiro atoms. The van der Waals surface area contributed by atoms with Gasteiger partial charge in [0.05, 0.1) is 6.61 Å². The lowest BCUT2D eigenvalue weighted by Crippen LogP contribution is -2.44. The predicted molar refractivity (Wildman–Crippen MR) is 91.6 cm³/mol. The lowest BCUT2D eigenvalue weighted by atomic mass is 10.1. The summed E-state index contributed by atoms with van der Waals surface area (Å²) in [6, 6.07) is 7.87. The number of rotatable bonds is 7. The number of hydrogen-bond acceptors (Lipinski definition) is 4. The maximum atomic E-state index is 10.7. The minimum Gasteiger partial charge on any atom is -0.543 e. The Morgan fingerprint density at radius 2 is 1.77 bits per heavy atom. The molecule has 0 aliphatic carbocycles. The molecule has 0 amide bonds.